The van der Waals surface area contributed by atoms with Crippen molar-refractivity contribution in [2.24, 2.45) is 0 Å². The topological polar surface area (TPSA) is 76.3 Å². The molecule has 0 amide bonds. The Labute approximate surface area is 125 Å². The molecule has 1 aromatic heterocycles. The maximum atomic E-state index is 12.7. The van der Waals surface area contributed by atoms with Gasteiger partial charge in [-0.3, -0.25) is 0 Å². The van der Waals surface area contributed by atoms with Crippen molar-refractivity contribution in [2.45, 2.75) is 25.3 Å². The van der Waals surface area contributed by atoms with Crippen molar-refractivity contribution in [3.8, 4) is 0 Å². The van der Waals surface area contributed by atoms with Gasteiger partial charge in [-0.2, -0.15) is 4.31 Å². The van der Waals surface area contributed by atoms with Crippen LogP contribution in [0.1, 0.15) is 18.1 Å². The van der Waals surface area contributed by atoms with Gasteiger partial charge in [0.15, 0.2) is 0 Å². The molecule has 0 bridgehead atoms. The summed E-state index contributed by atoms with van der Waals surface area (Å²) in [5.41, 5.74) is 7.75. The number of benzene rings is 1. The molecule has 0 aliphatic heterocycles. The molecule has 1 heterocycles. The highest BCUT2D eigenvalue weighted by Crippen LogP contribution is 2.22. The molecule has 0 fully saturated rings. The first-order valence-corrected chi connectivity index (χ1v) is 8.15. The van der Waals surface area contributed by atoms with Gasteiger partial charge in [0.05, 0.1) is 0 Å². The Morgan fingerprint density at radius 1 is 1.24 bits per heavy atom. The third kappa shape index (κ3) is 3.40. The highest BCUT2D eigenvalue weighted by molar-refractivity contribution is 7.89. The lowest BCUT2D eigenvalue weighted by Crippen LogP contribution is -2.31. The Morgan fingerprint density at radius 3 is 2.62 bits per heavy atom. The summed E-state index contributed by atoms with van der Waals surface area (Å²) in [7, 11) is -3.65. The van der Waals surface area contributed by atoms with Crippen molar-refractivity contribution in [3.05, 3.63) is 53.7 Å². The average molecular weight is 305 g/mol. The predicted molar refractivity (Wildman–Crippen MR) is 83.1 cm³/mol. The van der Waals surface area contributed by atoms with Crippen molar-refractivity contribution in [1.29, 1.82) is 0 Å². The summed E-state index contributed by atoms with van der Waals surface area (Å²) < 4.78 is 26.8. The first kappa shape index (κ1) is 15.5. The lowest BCUT2D eigenvalue weighted by atomic mass is 10.1. The van der Waals surface area contributed by atoms with Gasteiger partial charge in [0.2, 0.25) is 10.0 Å². The second-order valence-corrected chi connectivity index (χ2v) is 6.71. The molecule has 2 N–H and O–H groups in total. The third-order valence-electron chi connectivity index (χ3n) is 3.21. The largest absolute Gasteiger partial charge is 0.383 e. The zero-order valence-corrected chi connectivity index (χ0v) is 13.0. The summed E-state index contributed by atoms with van der Waals surface area (Å²) >= 11 is 0. The fraction of sp³-hybridized carbons (Fsp3) is 0.267. The Kier molecular flexibility index (Phi) is 4.59. The molecule has 0 aliphatic carbocycles. The zero-order chi connectivity index (χ0) is 15.5. The molecule has 112 valence electrons. The van der Waals surface area contributed by atoms with Gasteiger partial charge in [0.1, 0.15) is 10.7 Å². The minimum absolute atomic E-state index is 0.0280. The van der Waals surface area contributed by atoms with E-state index in [0.717, 1.165) is 11.1 Å². The number of pyridine rings is 1. The van der Waals surface area contributed by atoms with Gasteiger partial charge in [-0.05, 0) is 24.6 Å². The Balaban J connectivity index is 2.35. The van der Waals surface area contributed by atoms with Crippen LogP contribution in [-0.4, -0.2) is 24.3 Å². The summed E-state index contributed by atoms with van der Waals surface area (Å²) in [5.74, 6) is 0.0280. The third-order valence-corrected chi connectivity index (χ3v) is 5.18. The second-order valence-electron chi connectivity index (χ2n) is 4.81. The Bertz CT molecular complexity index is 729. The van der Waals surface area contributed by atoms with E-state index >= 15 is 0 Å². The van der Waals surface area contributed by atoms with Gasteiger partial charge < -0.3 is 5.73 Å². The molecule has 2 aromatic rings. The summed E-state index contributed by atoms with van der Waals surface area (Å²) in [4.78, 5) is 3.91. The molecular weight excluding hydrogens is 286 g/mol. The highest BCUT2D eigenvalue weighted by Gasteiger charge is 2.25. The summed E-state index contributed by atoms with van der Waals surface area (Å²) in [6.07, 6.45) is 1.48. The fourth-order valence-electron chi connectivity index (χ4n) is 2.14. The maximum Gasteiger partial charge on any atom is 0.247 e. The molecular formula is C15H19N3O2S. The second kappa shape index (κ2) is 6.24. The van der Waals surface area contributed by atoms with E-state index in [2.05, 4.69) is 4.98 Å². The van der Waals surface area contributed by atoms with E-state index in [0.29, 0.717) is 13.1 Å². The molecule has 0 radical (unpaired) electrons. The number of nitrogens with zero attached hydrogens (tertiary/aromatic N) is 2. The molecule has 5 nitrogen and oxygen atoms in total. The van der Waals surface area contributed by atoms with Crippen LogP contribution in [0.5, 0.6) is 0 Å². The van der Waals surface area contributed by atoms with E-state index < -0.39 is 10.0 Å². The monoisotopic (exact) mass is 305 g/mol. The first-order valence-electron chi connectivity index (χ1n) is 6.71. The van der Waals surface area contributed by atoms with E-state index in [1.165, 1.54) is 16.6 Å². The molecule has 0 saturated carbocycles. The number of hydrogen-bond donors (Lipinski definition) is 1. The van der Waals surface area contributed by atoms with Crippen LogP contribution in [0, 0.1) is 6.92 Å². The van der Waals surface area contributed by atoms with Crippen LogP contribution in [0.25, 0.3) is 0 Å². The van der Waals surface area contributed by atoms with E-state index in [-0.39, 0.29) is 10.7 Å². The SMILES string of the molecule is CCN(Cc1cccc(C)c1)S(=O)(=O)c1cccnc1N. The standard InChI is InChI=1S/C15H19N3O2S/c1-3-18(11-13-7-4-6-12(2)10-13)21(19,20)14-8-5-9-17-15(14)16/h4-10H,3,11H2,1-2H3,(H2,16,17). The molecule has 0 saturated heterocycles. The normalized spacial score (nSPS) is 11.8. The van der Waals surface area contributed by atoms with Gasteiger partial charge in [0, 0.05) is 19.3 Å². The van der Waals surface area contributed by atoms with Crippen molar-refractivity contribution in [2.75, 3.05) is 12.3 Å². The van der Waals surface area contributed by atoms with Gasteiger partial charge in [-0.1, -0.05) is 36.8 Å². The molecule has 0 spiro atoms. The number of anilines is 1. The molecule has 21 heavy (non-hydrogen) atoms. The number of aromatic nitrogens is 1. The predicted octanol–water partition coefficient (Wildman–Crippen LogP) is 2.18. The molecule has 0 unspecified atom stereocenters. The number of hydrogen-bond acceptors (Lipinski definition) is 4. The molecule has 0 atom stereocenters. The van der Waals surface area contributed by atoms with Crippen LogP contribution in [-0.2, 0) is 16.6 Å². The zero-order valence-electron chi connectivity index (χ0n) is 12.2. The Hall–Kier alpha value is -1.92. The van der Waals surface area contributed by atoms with Crippen molar-refractivity contribution < 1.29 is 8.42 Å². The van der Waals surface area contributed by atoms with Crippen LogP contribution < -0.4 is 5.73 Å². The number of sulfonamides is 1. The van der Waals surface area contributed by atoms with Crippen LogP contribution in [0.4, 0.5) is 5.82 Å². The molecule has 6 heteroatoms. The molecule has 2 rings (SSSR count). The Morgan fingerprint density at radius 2 is 2.00 bits per heavy atom. The van der Waals surface area contributed by atoms with E-state index in [1.807, 2.05) is 31.2 Å². The summed E-state index contributed by atoms with van der Waals surface area (Å²) in [6.45, 7) is 4.47. The van der Waals surface area contributed by atoms with Crippen molar-refractivity contribution in [1.82, 2.24) is 9.29 Å². The quantitative estimate of drug-likeness (QED) is 0.918. The number of aryl methyl sites for hydroxylation is 1. The first-order chi connectivity index (χ1) is 9.95. The van der Waals surface area contributed by atoms with Crippen molar-refractivity contribution >= 4 is 15.8 Å². The van der Waals surface area contributed by atoms with Crippen LogP contribution >= 0.6 is 0 Å². The van der Waals surface area contributed by atoms with Crippen LogP contribution in [0.15, 0.2) is 47.5 Å². The highest BCUT2D eigenvalue weighted by atomic mass is 32.2. The molecule has 1 aromatic carbocycles. The summed E-state index contributed by atoms with van der Waals surface area (Å²) in [5, 5.41) is 0. The van der Waals surface area contributed by atoms with E-state index in [9.17, 15) is 8.42 Å². The van der Waals surface area contributed by atoms with Gasteiger partial charge in [-0.15, -0.1) is 0 Å². The number of nitrogens with two attached hydrogens (primary N) is 1. The van der Waals surface area contributed by atoms with E-state index in [1.54, 1.807) is 13.0 Å². The minimum Gasteiger partial charge on any atom is -0.383 e. The van der Waals surface area contributed by atoms with Gasteiger partial charge in [0.25, 0.3) is 0 Å². The lowest BCUT2D eigenvalue weighted by molar-refractivity contribution is 0.423. The van der Waals surface area contributed by atoms with Crippen LogP contribution in [0.3, 0.4) is 0 Å². The summed E-state index contributed by atoms with van der Waals surface area (Å²) in [6, 6.07) is 10.8. The average Bonchev–Trinajstić information content (AvgIpc) is 2.45. The van der Waals surface area contributed by atoms with Gasteiger partial charge in [-0.25, -0.2) is 13.4 Å². The van der Waals surface area contributed by atoms with Crippen molar-refractivity contribution in [3.63, 3.8) is 0 Å². The van der Waals surface area contributed by atoms with E-state index in [4.69, 9.17) is 5.73 Å². The fourth-order valence-corrected chi connectivity index (χ4v) is 3.65. The van der Waals surface area contributed by atoms with Crippen LogP contribution in [0.2, 0.25) is 0 Å². The minimum atomic E-state index is -3.65. The maximum absolute atomic E-state index is 12.7. The number of rotatable bonds is 5. The molecule has 0 aliphatic rings. The smallest absolute Gasteiger partial charge is 0.247 e. The van der Waals surface area contributed by atoms with Gasteiger partial charge >= 0.3 is 0 Å². The number of nitrogen functional groups attached to an aromatic ring is 1. The lowest BCUT2D eigenvalue weighted by Gasteiger charge is -2.21.